The van der Waals surface area contributed by atoms with Gasteiger partial charge in [0.15, 0.2) is 0 Å². The fourth-order valence-electron chi connectivity index (χ4n) is 10.4. The van der Waals surface area contributed by atoms with Gasteiger partial charge in [-0.1, -0.05) is 66.3 Å². The van der Waals surface area contributed by atoms with Crippen molar-refractivity contribution in [2.24, 2.45) is 29.1 Å². The molecule has 5 rings (SSSR count). The van der Waals surface area contributed by atoms with E-state index in [2.05, 4.69) is 54.5 Å². The molecule has 0 aromatic heterocycles. The molecule has 2 fully saturated rings. The van der Waals surface area contributed by atoms with Crippen LogP contribution in [0.15, 0.2) is 83.0 Å². The summed E-state index contributed by atoms with van der Waals surface area (Å²) >= 11 is 0. The first-order valence-corrected chi connectivity index (χ1v) is 19.7. The van der Waals surface area contributed by atoms with E-state index in [9.17, 15) is 30.3 Å². The number of nitrogens with one attached hydrogen (secondary N) is 2. The van der Waals surface area contributed by atoms with Crippen molar-refractivity contribution in [3.63, 3.8) is 0 Å². The van der Waals surface area contributed by atoms with E-state index < -0.39 is 23.3 Å². The van der Waals surface area contributed by atoms with Crippen LogP contribution in [0, 0.1) is 29.1 Å². The number of hydrogen-bond acceptors (Lipinski definition) is 8. The number of carbonyl (C=O) groups excluding carboxylic acids is 1. The topological polar surface area (TPSA) is 142 Å². The van der Waals surface area contributed by atoms with E-state index in [4.69, 9.17) is 0 Å². The van der Waals surface area contributed by atoms with Crippen LogP contribution in [-0.4, -0.2) is 82.6 Å². The Kier molecular flexibility index (Phi) is 14.1. The van der Waals surface area contributed by atoms with Crippen molar-refractivity contribution in [1.29, 1.82) is 0 Å². The second kappa shape index (κ2) is 18.1. The van der Waals surface area contributed by atoms with Gasteiger partial charge in [0.25, 0.3) is 0 Å². The van der Waals surface area contributed by atoms with Crippen molar-refractivity contribution in [1.82, 2.24) is 10.6 Å². The standard InChI is InChI=1S/C44H64N2O6/c1-29(39-25-33-11-6-10-32(24-33)23-31(3)46-42(51)35-13-7-12-34(39)26-35)9-5-14-36(28-49)38-17-19-44(41(38)50)40(15-8-22-47)37(30(2)27-48)16-18-43(44,52)20-21-45-4/h5-6,9-11,14,24,26-27,31,34,38-42,45-47,49-52H,1,7-8,12-13,15-23,25,28H2,2-4H3/t31-,34+,38+,39+,40-,41+,42-,43-,44+/m0/s1. The van der Waals surface area contributed by atoms with Gasteiger partial charge in [-0.05, 0) is 150 Å². The van der Waals surface area contributed by atoms with Crippen LogP contribution in [0.1, 0.15) is 89.2 Å². The molecule has 2 saturated carbocycles. The molecule has 1 aromatic rings. The lowest BCUT2D eigenvalue weighted by Crippen LogP contribution is -2.61. The van der Waals surface area contributed by atoms with Crippen LogP contribution in [0.2, 0.25) is 0 Å². The van der Waals surface area contributed by atoms with E-state index in [0.717, 1.165) is 55.1 Å². The zero-order valence-corrected chi connectivity index (χ0v) is 31.7. The Balaban J connectivity index is 1.45. The SMILES string of the molecule is C=C(C=CC=C(CO)[C@H]1CC[C@]2([C@@H]1O)[C@@H](CCCO)C(=C(C)C=O)CC[C@]2(O)CCNC)[C@H]1Cc2cccc(c2)C[C@H](C)N[C@@H](O)C2=C[C@H]1CCC2. The average Bonchev–Trinajstić information content (AvgIpc) is 3.48. The van der Waals surface area contributed by atoms with Crippen molar-refractivity contribution >= 4 is 6.29 Å². The van der Waals surface area contributed by atoms with E-state index in [1.54, 1.807) is 0 Å². The third-order valence-corrected chi connectivity index (χ3v) is 13.1. The highest BCUT2D eigenvalue weighted by molar-refractivity contribution is 5.74. The van der Waals surface area contributed by atoms with Gasteiger partial charge in [0.05, 0.1) is 18.3 Å². The smallest absolute Gasteiger partial charge is 0.145 e. The predicted octanol–water partition coefficient (Wildman–Crippen LogP) is 5.25. The van der Waals surface area contributed by atoms with Gasteiger partial charge in [-0.25, -0.2) is 0 Å². The summed E-state index contributed by atoms with van der Waals surface area (Å²) in [6.07, 6.45) is 15.7. The molecule has 52 heavy (non-hydrogen) atoms. The van der Waals surface area contributed by atoms with Crippen molar-refractivity contribution in [2.75, 3.05) is 26.8 Å². The molecule has 1 heterocycles. The van der Waals surface area contributed by atoms with Crippen molar-refractivity contribution in [2.45, 2.75) is 115 Å². The van der Waals surface area contributed by atoms with E-state index in [-0.39, 0.29) is 42.9 Å². The van der Waals surface area contributed by atoms with Crippen LogP contribution in [0.25, 0.3) is 0 Å². The van der Waals surface area contributed by atoms with E-state index in [0.29, 0.717) is 62.6 Å². The molecule has 0 radical (unpaired) electrons. The quantitative estimate of drug-likeness (QED) is 0.0674. The number of fused-ring (bicyclic) bond motifs is 3. The summed E-state index contributed by atoms with van der Waals surface area (Å²) in [5.74, 6) is -0.287. The highest BCUT2D eigenvalue weighted by atomic mass is 16.3. The zero-order chi connectivity index (χ0) is 37.5. The van der Waals surface area contributed by atoms with Crippen LogP contribution in [0.4, 0.5) is 0 Å². The fraction of sp³-hybridized carbons (Fsp3) is 0.614. The highest BCUT2D eigenvalue weighted by Gasteiger charge is 2.65. The maximum absolute atomic E-state index is 12.5. The molecule has 8 heteroatoms. The lowest BCUT2D eigenvalue weighted by molar-refractivity contribution is -0.180. The minimum Gasteiger partial charge on any atom is -0.396 e. The van der Waals surface area contributed by atoms with Gasteiger partial charge in [0.2, 0.25) is 0 Å². The first-order valence-electron chi connectivity index (χ1n) is 19.7. The minimum atomic E-state index is -1.18. The van der Waals surface area contributed by atoms with Crippen molar-refractivity contribution < 1.29 is 30.3 Å². The summed E-state index contributed by atoms with van der Waals surface area (Å²) in [4.78, 5) is 12.1. The Morgan fingerprint density at radius 3 is 2.58 bits per heavy atom. The summed E-state index contributed by atoms with van der Waals surface area (Å²) in [5, 5.41) is 63.2. The number of aldehydes is 1. The molecule has 4 bridgehead atoms. The van der Waals surface area contributed by atoms with Crippen LogP contribution in [0.5, 0.6) is 0 Å². The molecule has 1 spiro atoms. The van der Waals surface area contributed by atoms with Crippen LogP contribution < -0.4 is 10.6 Å². The third kappa shape index (κ3) is 8.49. The van der Waals surface area contributed by atoms with Gasteiger partial charge < -0.3 is 30.8 Å². The lowest BCUT2D eigenvalue weighted by atomic mass is 9.51. The van der Waals surface area contributed by atoms with E-state index >= 15 is 0 Å². The minimum absolute atomic E-state index is 0.00793. The molecule has 4 aliphatic rings. The first kappa shape index (κ1) is 40.5. The number of allylic oxidation sites excluding steroid dienone is 7. The lowest BCUT2D eigenvalue weighted by Gasteiger charge is -2.57. The second-order valence-electron chi connectivity index (χ2n) is 16.2. The van der Waals surface area contributed by atoms with Gasteiger partial charge in [0.1, 0.15) is 12.5 Å². The molecular formula is C44H64N2O6. The highest BCUT2D eigenvalue weighted by Crippen LogP contribution is 2.64. The number of hydrogen-bond donors (Lipinski definition) is 7. The first-order chi connectivity index (χ1) is 25.0. The molecule has 8 nitrogen and oxygen atoms in total. The summed E-state index contributed by atoms with van der Waals surface area (Å²) in [6, 6.07) is 8.88. The van der Waals surface area contributed by atoms with Gasteiger partial charge in [-0.15, -0.1) is 0 Å². The monoisotopic (exact) mass is 716 g/mol. The Morgan fingerprint density at radius 2 is 1.87 bits per heavy atom. The second-order valence-corrected chi connectivity index (χ2v) is 16.2. The molecule has 0 saturated heterocycles. The van der Waals surface area contributed by atoms with Crippen LogP contribution in [0.3, 0.4) is 0 Å². The Morgan fingerprint density at radius 1 is 1.10 bits per heavy atom. The molecule has 9 atom stereocenters. The molecule has 1 aliphatic heterocycles. The molecule has 3 aliphatic carbocycles. The van der Waals surface area contributed by atoms with Crippen molar-refractivity contribution in [3.8, 4) is 0 Å². The summed E-state index contributed by atoms with van der Waals surface area (Å²) in [6.45, 7) is 8.84. The molecule has 286 valence electrons. The van der Waals surface area contributed by atoms with Crippen molar-refractivity contribution in [3.05, 3.63) is 94.1 Å². The number of rotatable bonds is 12. The molecule has 0 amide bonds. The Hall–Kier alpha value is -2.69. The van der Waals surface area contributed by atoms with Gasteiger partial charge >= 0.3 is 0 Å². The summed E-state index contributed by atoms with van der Waals surface area (Å²) in [7, 11) is 1.86. The summed E-state index contributed by atoms with van der Waals surface area (Å²) in [5.41, 5.74) is 4.77. The normalized spacial score (nSPS) is 35.2. The maximum Gasteiger partial charge on any atom is 0.145 e. The summed E-state index contributed by atoms with van der Waals surface area (Å²) < 4.78 is 0. The van der Waals surface area contributed by atoms with Gasteiger partial charge in [0, 0.05) is 24.0 Å². The number of aliphatic hydroxyl groups is 5. The molecule has 0 unspecified atom stereocenters. The molecular weight excluding hydrogens is 652 g/mol. The number of carbonyl (C=O) groups is 1. The van der Waals surface area contributed by atoms with Crippen LogP contribution in [-0.2, 0) is 17.6 Å². The fourth-order valence-corrected chi connectivity index (χ4v) is 10.4. The Bertz CT molecular complexity index is 1530. The number of aliphatic hydroxyl groups excluding tert-OH is 4. The predicted molar refractivity (Wildman–Crippen MR) is 207 cm³/mol. The largest absolute Gasteiger partial charge is 0.396 e. The van der Waals surface area contributed by atoms with E-state index in [1.807, 2.05) is 32.2 Å². The van der Waals surface area contributed by atoms with Gasteiger partial charge in [-0.2, -0.15) is 0 Å². The van der Waals surface area contributed by atoms with E-state index in [1.165, 1.54) is 11.1 Å². The third-order valence-electron chi connectivity index (χ3n) is 13.1. The molecule has 7 N–H and O–H groups in total. The average molecular weight is 717 g/mol. The van der Waals surface area contributed by atoms with Crippen LogP contribution >= 0.6 is 0 Å². The maximum atomic E-state index is 12.5. The van der Waals surface area contributed by atoms with Gasteiger partial charge in [-0.3, -0.25) is 10.1 Å². The molecule has 1 aromatic carbocycles. The number of benzene rings is 1. The Labute approximate surface area is 311 Å². The zero-order valence-electron chi connectivity index (χ0n) is 31.7.